The normalized spacial score (nSPS) is 14.6. The van der Waals surface area contributed by atoms with Crippen LogP contribution in [0.4, 0.5) is 5.13 Å². The average Bonchev–Trinajstić information content (AvgIpc) is 3.37. The second kappa shape index (κ2) is 10.3. The highest BCUT2D eigenvalue weighted by Gasteiger charge is 2.23. The molecule has 0 unspecified atom stereocenters. The summed E-state index contributed by atoms with van der Waals surface area (Å²) in [7, 11) is 1.82. The zero-order chi connectivity index (χ0) is 20.2. The van der Waals surface area contributed by atoms with Crippen molar-refractivity contribution in [1.82, 2.24) is 19.7 Å². The van der Waals surface area contributed by atoms with E-state index >= 15 is 0 Å². The molecule has 0 spiro atoms. The molecule has 2 aromatic heterocycles. The Kier molecular flexibility index (Phi) is 7.82. The van der Waals surface area contributed by atoms with Gasteiger partial charge in [0.25, 0.3) is 5.91 Å². The molecule has 0 aliphatic carbocycles. The van der Waals surface area contributed by atoms with Crippen LogP contribution in [0.5, 0.6) is 0 Å². The first-order chi connectivity index (χ1) is 14.1. The minimum atomic E-state index is -0.0950. The summed E-state index contributed by atoms with van der Waals surface area (Å²) >= 11 is 1.58. The monoisotopic (exact) mass is 449 g/mol. The van der Waals surface area contributed by atoms with E-state index in [-0.39, 0.29) is 18.3 Å². The third-order valence-electron chi connectivity index (χ3n) is 5.22. The number of aromatic nitrogens is 3. The van der Waals surface area contributed by atoms with Gasteiger partial charge in [-0.25, -0.2) is 4.98 Å². The Morgan fingerprint density at radius 3 is 2.77 bits per heavy atom. The minimum absolute atomic E-state index is 0. The van der Waals surface area contributed by atoms with Crippen LogP contribution in [-0.4, -0.2) is 65.0 Å². The fourth-order valence-corrected chi connectivity index (χ4v) is 4.57. The highest BCUT2D eigenvalue weighted by molar-refractivity contribution is 7.22. The number of carbonyl (C=O) groups is 1. The summed E-state index contributed by atoms with van der Waals surface area (Å²) in [6.45, 7) is 7.19. The van der Waals surface area contributed by atoms with Gasteiger partial charge in [0.15, 0.2) is 10.8 Å². The van der Waals surface area contributed by atoms with Crippen molar-refractivity contribution in [3.8, 4) is 0 Å². The first kappa shape index (κ1) is 22.7. The van der Waals surface area contributed by atoms with Crippen molar-refractivity contribution in [2.45, 2.75) is 19.8 Å². The lowest BCUT2D eigenvalue weighted by atomic mass is 10.2. The molecule has 162 valence electrons. The Morgan fingerprint density at radius 2 is 2.07 bits per heavy atom. The maximum absolute atomic E-state index is 13.2. The highest BCUT2D eigenvalue weighted by atomic mass is 35.5. The van der Waals surface area contributed by atoms with Crippen molar-refractivity contribution in [3.05, 3.63) is 41.7 Å². The molecule has 1 aliphatic rings. The number of morpholine rings is 1. The standard InChI is InChI=1S/C21H27N5O2S.ClH/c1-3-16-5-6-17-19(15-16)29-21(22-17)26(20(27)18-7-10-24(2)23-18)9-4-8-25-11-13-28-14-12-25;/h5-7,10,15H,3-4,8-9,11-14H2,1-2H3;1H. The van der Waals surface area contributed by atoms with Gasteiger partial charge in [0, 0.05) is 39.4 Å². The SMILES string of the molecule is CCc1ccc2nc(N(CCCN3CCOCC3)C(=O)c3ccn(C)n3)sc2c1.Cl. The number of benzene rings is 1. The molecule has 30 heavy (non-hydrogen) atoms. The Bertz CT molecular complexity index is 983. The Labute approximate surface area is 187 Å². The molecule has 3 heterocycles. The quantitative estimate of drug-likeness (QED) is 0.553. The zero-order valence-corrected chi connectivity index (χ0v) is 19.0. The molecule has 1 saturated heterocycles. The van der Waals surface area contributed by atoms with Crippen LogP contribution in [-0.2, 0) is 18.2 Å². The maximum Gasteiger partial charge on any atom is 0.280 e. The van der Waals surface area contributed by atoms with Gasteiger partial charge in [-0.15, -0.1) is 12.4 Å². The molecule has 1 amide bonds. The van der Waals surface area contributed by atoms with Crippen molar-refractivity contribution in [2.75, 3.05) is 44.3 Å². The first-order valence-electron chi connectivity index (χ1n) is 10.1. The summed E-state index contributed by atoms with van der Waals surface area (Å²) in [5, 5.41) is 5.05. The maximum atomic E-state index is 13.2. The van der Waals surface area contributed by atoms with Crippen molar-refractivity contribution in [1.29, 1.82) is 0 Å². The second-order valence-corrected chi connectivity index (χ2v) is 8.30. The third-order valence-corrected chi connectivity index (χ3v) is 6.26. The van der Waals surface area contributed by atoms with E-state index in [0.717, 1.165) is 61.0 Å². The van der Waals surface area contributed by atoms with Crippen molar-refractivity contribution in [3.63, 3.8) is 0 Å². The minimum Gasteiger partial charge on any atom is -0.379 e. The van der Waals surface area contributed by atoms with Crippen LogP contribution in [0, 0.1) is 0 Å². The highest BCUT2D eigenvalue weighted by Crippen LogP contribution is 2.30. The Balaban J connectivity index is 0.00000256. The number of nitrogens with zero attached hydrogens (tertiary/aromatic N) is 5. The van der Waals surface area contributed by atoms with Crippen LogP contribution in [0.25, 0.3) is 10.2 Å². The molecule has 4 rings (SSSR count). The van der Waals surface area contributed by atoms with Gasteiger partial charge in [0.2, 0.25) is 0 Å². The summed E-state index contributed by atoms with van der Waals surface area (Å²) in [5.74, 6) is -0.0950. The van der Waals surface area contributed by atoms with Crippen LogP contribution in [0.3, 0.4) is 0 Å². The number of fused-ring (bicyclic) bond motifs is 1. The zero-order valence-electron chi connectivity index (χ0n) is 17.4. The van der Waals surface area contributed by atoms with Gasteiger partial charge >= 0.3 is 0 Å². The van der Waals surface area contributed by atoms with Crippen LogP contribution in [0.1, 0.15) is 29.4 Å². The van der Waals surface area contributed by atoms with E-state index in [1.165, 1.54) is 5.56 Å². The molecular weight excluding hydrogens is 422 g/mol. The average molecular weight is 450 g/mol. The lowest BCUT2D eigenvalue weighted by molar-refractivity contribution is 0.0376. The molecule has 7 nitrogen and oxygen atoms in total. The summed E-state index contributed by atoms with van der Waals surface area (Å²) < 4.78 is 8.20. The number of rotatable bonds is 7. The number of amides is 1. The molecule has 9 heteroatoms. The number of hydrogen-bond acceptors (Lipinski definition) is 6. The summed E-state index contributed by atoms with van der Waals surface area (Å²) in [6.07, 6.45) is 3.67. The lowest BCUT2D eigenvalue weighted by Crippen LogP contribution is -2.39. The summed E-state index contributed by atoms with van der Waals surface area (Å²) in [4.78, 5) is 22.2. The number of thiazole rings is 1. The largest absolute Gasteiger partial charge is 0.379 e. The van der Waals surface area contributed by atoms with Crippen molar-refractivity contribution < 1.29 is 9.53 Å². The molecule has 1 fully saturated rings. The van der Waals surface area contributed by atoms with Gasteiger partial charge in [0.05, 0.1) is 23.4 Å². The molecular formula is C21H28ClN5O2S. The van der Waals surface area contributed by atoms with Crippen LogP contribution in [0.15, 0.2) is 30.5 Å². The Hall–Kier alpha value is -2.00. The van der Waals surface area contributed by atoms with Crippen LogP contribution in [0.2, 0.25) is 0 Å². The number of aryl methyl sites for hydroxylation is 2. The summed E-state index contributed by atoms with van der Waals surface area (Å²) in [5.41, 5.74) is 2.67. The number of halogens is 1. The molecule has 3 aromatic rings. The summed E-state index contributed by atoms with van der Waals surface area (Å²) in [6, 6.07) is 8.09. The topological polar surface area (TPSA) is 63.5 Å². The van der Waals surface area contributed by atoms with E-state index in [0.29, 0.717) is 12.2 Å². The van der Waals surface area contributed by atoms with E-state index in [1.807, 2.05) is 13.1 Å². The van der Waals surface area contributed by atoms with Gasteiger partial charge in [-0.1, -0.05) is 24.3 Å². The predicted molar refractivity (Wildman–Crippen MR) is 123 cm³/mol. The predicted octanol–water partition coefficient (Wildman–Crippen LogP) is 3.38. The Morgan fingerprint density at radius 1 is 1.27 bits per heavy atom. The number of ether oxygens (including phenoxy) is 1. The van der Waals surface area contributed by atoms with Crippen molar-refractivity contribution >= 4 is 45.0 Å². The molecule has 0 saturated carbocycles. The van der Waals surface area contributed by atoms with Gasteiger partial charge < -0.3 is 4.74 Å². The fourth-order valence-electron chi connectivity index (χ4n) is 3.52. The van der Waals surface area contributed by atoms with E-state index in [2.05, 4.69) is 29.1 Å². The first-order valence-corrected chi connectivity index (χ1v) is 11.0. The molecule has 0 atom stereocenters. The molecule has 0 N–H and O–H groups in total. The van der Waals surface area contributed by atoms with E-state index < -0.39 is 0 Å². The third kappa shape index (κ3) is 5.18. The van der Waals surface area contributed by atoms with E-state index in [9.17, 15) is 4.79 Å². The second-order valence-electron chi connectivity index (χ2n) is 7.29. The fraction of sp³-hybridized carbons (Fsp3) is 0.476. The van der Waals surface area contributed by atoms with Crippen LogP contribution < -0.4 is 4.90 Å². The number of hydrogen-bond donors (Lipinski definition) is 0. The number of carbonyl (C=O) groups excluding carboxylic acids is 1. The molecule has 1 aliphatic heterocycles. The van der Waals surface area contributed by atoms with Crippen molar-refractivity contribution in [2.24, 2.45) is 7.05 Å². The smallest absolute Gasteiger partial charge is 0.280 e. The van der Waals surface area contributed by atoms with Gasteiger partial charge in [-0.2, -0.15) is 5.10 Å². The van der Waals surface area contributed by atoms with Gasteiger partial charge in [-0.05, 0) is 36.6 Å². The lowest BCUT2D eigenvalue weighted by Gasteiger charge is -2.27. The van der Waals surface area contributed by atoms with E-state index in [1.54, 1.807) is 33.2 Å². The van der Waals surface area contributed by atoms with Gasteiger partial charge in [0.1, 0.15) is 0 Å². The van der Waals surface area contributed by atoms with Crippen LogP contribution >= 0.6 is 23.7 Å². The molecule has 0 radical (unpaired) electrons. The number of anilines is 1. The van der Waals surface area contributed by atoms with E-state index in [4.69, 9.17) is 9.72 Å². The molecule has 0 bridgehead atoms. The van der Waals surface area contributed by atoms with Gasteiger partial charge in [-0.3, -0.25) is 19.3 Å². The molecule has 1 aromatic carbocycles.